The summed E-state index contributed by atoms with van der Waals surface area (Å²) < 4.78 is 10.8. The molecule has 2 aliphatic rings. The number of ether oxygens (including phenoxy) is 2. The zero-order chi connectivity index (χ0) is 10.5. The number of rotatable bonds is 4. The van der Waals surface area contributed by atoms with Crippen LogP contribution in [0.2, 0.25) is 0 Å². The fourth-order valence-electron chi connectivity index (χ4n) is 1.90. The van der Waals surface area contributed by atoms with Crippen molar-refractivity contribution in [2.24, 2.45) is 0 Å². The molecule has 15 heavy (non-hydrogen) atoms. The molecule has 5 heteroatoms. The van der Waals surface area contributed by atoms with E-state index >= 15 is 0 Å². The van der Waals surface area contributed by atoms with Crippen LogP contribution in [-0.2, 0) is 14.3 Å². The molecule has 0 aromatic rings. The summed E-state index contributed by atoms with van der Waals surface area (Å²) in [5, 5.41) is 6.22. The largest absolute Gasteiger partial charge is 0.376 e. The van der Waals surface area contributed by atoms with Crippen LogP contribution in [0.5, 0.6) is 0 Å². The second-order valence-electron chi connectivity index (χ2n) is 4.03. The van der Waals surface area contributed by atoms with E-state index in [1.54, 1.807) is 0 Å². The Morgan fingerprint density at radius 3 is 3.00 bits per heavy atom. The first-order valence-corrected chi connectivity index (χ1v) is 5.54. The molecule has 2 heterocycles. The number of amides is 1. The van der Waals surface area contributed by atoms with Crippen LogP contribution in [0.3, 0.4) is 0 Å². The summed E-state index contributed by atoms with van der Waals surface area (Å²) in [6, 6.07) is 0.294. The Bertz CT molecular complexity index is 217. The monoisotopic (exact) mass is 214 g/mol. The number of carbonyl (C=O) groups is 1. The molecule has 2 N–H and O–H groups in total. The van der Waals surface area contributed by atoms with E-state index in [-0.39, 0.29) is 12.0 Å². The molecule has 2 saturated heterocycles. The van der Waals surface area contributed by atoms with E-state index < -0.39 is 0 Å². The molecule has 86 valence electrons. The minimum atomic E-state index is 0.163. The first-order chi connectivity index (χ1) is 7.34. The van der Waals surface area contributed by atoms with E-state index in [1.807, 2.05) is 0 Å². The maximum absolute atomic E-state index is 10.9. The van der Waals surface area contributed by atoms with Gasteiger partial charge in [0, 0.05) is 25.6 Å². The molecule has 5 nitrogen and oxygen atoms in total. The van der Waals surface area contributed by atoms with Gasteiger partial charge in [-0.1, -0.05) is 0 Å². The van der Waals surface area contributed by atoms with Crippen LogP contribution in [0.1, 0.15) is 12.8 Å². The van der Waals surface area contributed by atoms with Gasteiger partial charge in [0.15, 0.2) is 0 Å². The lowest BCUT2D eigenvalue weighted by molar-refractivity contribution is -0.119. The second kappa shape index (κ2) is 5.44. The normalized spacial score (nSPS) is 31.6. The van der Waals surface area contributed by atoms with Gasteiger partial charge >= 0.3 is 0 Å². The van der Waals surface area contributed by atoms with Crippen molar-refractivity contribution < 1.29 is 14.3 Å². The van der Waals surface area contributed by atoms with E-state index in [0.29, 0.717) is 32.3 Å². The molecule has 1 amide bonds. The number of carbonyl (C=O) groups excluding carboxylic acids is 1. The highest BCUT2D eigenvalue weighted by molar-refractivity contribution is 5.78. The van der Waals surface area contributed by atoms with Crippen LogP contribution in [0.15, 0.2) is 0 Å². The van der Waals surface area contributed by atoms with E-state index in [4.69, 9.17) is 9.47 Å². The SMILES string of the molecule is O=C1CCC(CNCC2COCCO2)N1. The van der Waals surface area contributed by atoms with Gasteiger partial charge < -0.3 is 20.1 Å². The Kier molecular flexibility index (Phi) is 3.94. The Labute approximate surface area is 89.5 Å². The Morgan fingerprint density at radius 1 is 1.40 bits per heavy atom. The highest BCUT2D eigenvalue weighted by atomic mass is 16.6. The number of nitrogens with one attached hydrogen (secondary N) is 2. The van der Waals surface area contributed by atoms with Gasteiger partial charge in [-0.25, -0.2) is 0 Å². The predicted octanol–water partition coefficient (Wildman–Crippen LogP) is -0.730. The quantitative estimate of drug-likeness (QED) is 0.648. The molecule has 2 rings (SSSR count). The smallest absolute Gasteiger partial charge is 0.220 e. The van der Waals surface area contributed by atoms with Gasteiger partial charge in [0.2, 0.25) is 5.91 Å². The van der Waals surface area contributed by atoms with E-state index in [0.717, 1.165) is 19.5 Å². The molecule has 0 aliphatic carbocycles. The predicted molar refractivity (Wildman–Crippen MR) is 54.6 cm³/mol. The summed E-state index contributed by atoms with van der Waals surface area (Å²) in [5.74, 6) is 0.166. The van der Waals surface area contributed by atoms with Crippen LogP contribution in [0.4, 0.5) is 0 Å². The van der Waals surface area contributed by atoms with Crippen molar-refractivity contribution >= 4 is 5.91 Å². The fraction of sp³-hybridized carbons (Fsp3) is 0.900. The molecular formula is C10H18N2O3. The van der Waals surface area contributed by atoms with E-state index in [1.165, 1.54) is 0 Å². The van der Waals surface area contributed by atoms with Gasteiger partial charge in [-0.2, -0.15) is 0 Å². The first-order valence-electron chi connectivity index (χ1n) is 5.54. The third-order valence-electron chi connectivity index (χ3n) is 2.73. The summed E-state index contributed by atoms with van der Waals surface area (Å²) >= 11 is 0. The summed E-state index contributed by atoms with van der Waals surface area (Å²) in [4.78, 5) is 10.9. The third kappa shape index (κ3) is 3.44. The molecular weight excluding hydrogens is 196 g/mol. The van der Waals surface area contributed by atoms with Gasteiger partial charge in [-0.05, 0) is 6.42 Å². The lowest BCUT2D eigenvalue weighted by Gasteiger charge is -2.23. The average Bonchev–Trinajstić information content (AvgIpc) is 2.66. The number of hydrogen-bond acceptors (Lipinski definition) is 4. The summed E-state index contributed by atoms with van der Waals surface area (Å²) in [6.07, 6.45) is 1.76. The topological polar surface area (TPSA) is 59.6 Å². The summed E-state index contributed by atoms with van der Waals surface area (Å²) in [6.45, 7) is 3.68. The van der Waals surface area contributed by atoms with Crippen LogP contribution in [-0.4, -0.2) is 51.0 Å². The zero-order valence-corrected chi connectivity index (χ0v) is 8.83. The van der Waals surface area contributed by atoms with E-state index in [2.05, 4.69) is 10.6 Å². The van der Waals surface area contributed by atoms with Gasteiger partial charge in [0.25, 0.3) is 0 Å². The third-order valence-corrected chi connectivity index (χ3v) is 2.73. The van der Waals surface area contributed by atoms with Gasteiger partial charge in [0.05, 0.1) is 25.9 Å². The maximum Gasteiger partial charge on any atom is 0.220 e. The molecule has 0 saturated carbocycles. The highest BCUT2D eigenvalue weighted by Crippen LogP contribution is 2.05. The van der Waals surface area contributed by atoms with Crippen molar-refractivity contribution in [1.82, 2.24) is 10.6 Å². The molecule has 2 unspecified atom stereocenters. The molecule has 0 bridgehead atoms. The van der Waals surface area contributed by atoms with Crippen molar-refractivity contribution in [3.63, 3.8) is 0 Å². The minimum Gasteiger partial charge on any atom is -0.376 e. The lowest BCUT2D eigenvalue weighted by Crippen LogP contribution is -2.42. The average molecular weight is 214 g/mol. The zero-order valence-electron chi connectivity index (χ0n) is 8.83. The molecule has 0 radical (unpaired) electrons. The van der Waals surface area contributed by atoms with Crippen LogP contribution < -0.4 is 10.6 Å². The van der Waals surface area contributed by atoms with Crippen LogP contribution in [0, 0.1) is 0 Å². The van der Waals surface area contributed by atoms with Crippen LogP contribution >= 0.6 is 0 Å². The highest BCUT2D eigenvalue weighted by Gasteiger charge is 2.21. The van der Waals surface area contributed by atoms with Gasteiger partial charge in [-0.15, -0.1) is 0 Å². The second-order valence-corrected chi connectivity index (χ2v) is 4.03. The molecule has 2 fully saturated rings. The van der Waals surface area contributed by atoms with Gasteiger partial charge in [-0.3, -0.25) is 4.79 Å². The fourth-order valence-corrected chi connectivity index (χ4v) is 1.90. The summed E-state index contributed by atoms with van der Waals surface area (Å²) in [7, 11) is 0. The minimum absolute atomic E-state index is 0.163. The van der Waals surface area contributed by atoms with Gasteiger partial charge in [0.1, 0.15) is 0 Å². The lowest BCUT2D eigenvalue weighted by atomic mass is 10.2. The first kappa shape index (κ1) is 10.9. The van der Waals surface area contributed by atoms with E-state index in [9.17, 15) is 4.79 Å². The maximum atomic E-state index is 10.9. The number of hydrogen-bond donors (Lipinski definition) is 2. The Morgan fingerprint density at radius 2 is 2.33 bits per heavy atom. The van der Waals surface area contributed by atoms with Crippen molar-refractivity contribution in [3.05, 3.63) is 0 Å². The van der Waals surface area contributed by atoms with Crippen LogP contribution in [0.25, 0.3) is 0 Å². The van der Waals surface area contributed by atoms with Crippen molar-refractivity contribution in [2.75, 3.05) is 32.9 Å². The Hall–Kier alpha value is -0.650. The molecule has 0 aromatic carbocycles. The van der Waals surface area contributed by atoms with Crippen molar-refractivity contribution in [2.45, 2.75) is 25.0 Å². The molecule has 0 spiro atoms. The molecule has 2 atom stereocenters. The molecule has 0 aromatic heterocycles. The molecule has 2 aliphatic heterocycles. The standard InChI is InChI=1S/C10H18N2O3/c13-10-2-1-8(12-10)5-11-6-9-7-14-3-4-15-9/h8-9,11H,1-7H2,(H,12,13). The summed E-state index contributed by atoms with van der Waals surface area (Å²) in [5.41, 5.74) is 0. The van der Waals surface area contributed by atoms with Crippen molar-refractivity contribution in [1.29, 1.82) is 0 Å². The van der Waals surface area contributed by atoms with Crippen molar-refractivity contribution in [3.8, 4) is 0 Å². The Balaban J connectivity index is 1.56.